The van der Waals surface area contributed by atoms with E-state index in [4.69, 9.17) is 14.0 Å². The first kappa shape index (κ1) is 20.4. The van der Waals surface area contributed by atoms with Crippen molar-refractivity contribution in [3.8, 4) is 23.1 Å². The van der Waals surface area contributed by atoms with Crippen LogP contribution in [-0.4, -0.2) is 34.0 Å². The predicted octanol–water partition coefficient (Wildman–Crippen LogP) is 3.19. The average Bonchev–Trinajstić information content (AvgIpc) is 3.13. The Bertz CT molecular complexity index is 1030. The second-order valence-corrected chi connectivity index (χ2v) is 6.69. The van der Waals surface area contributed by atoms with E-state index in [2.05, 4.69) is 10.1 Å². The van der Waals surface area contributed by atoms with Crippen molar-refractivity contribution in [2.24, 2.45) is 0 Å². The van der Waals surface area contributed by atoms with Crippen LogP contribution in [0.3, 0.4) is 0 Å². The zero-order valence-electron chi connectivity index (χ0n) is 17.1. The first-order chi connectivity index (χ1) is 14.0. The standard InChI is InChI=1S/C21H25N3O5/c1-5-6-10-18-22-20(25)15(12-14-11-13(2)29-23-14)21(26)24(18)19-16(27-3)8-7-9-17(19)28-4/h7-9,11,25H,5-6,10,12H2,1-4H3. The summed E-state index contributed by atoms with van der Waals surface area (Å²) in [4.78, 5) is 17.9. The van der Waals surface area contributed by atoms with E-state index in [0.29, 0.717) is 40.9 Å². The number of hydrogen-bond acceptors (Lipinski definition) is 7. The zero-order chi connectivity index (χ0) is 21.0. The number of aromatic hydroxyl groups is 1. The molecule has 0 saturated carbocycles. The molecule has 154 valence electrons. The molecule has 29 heavy (non-hydrogen) atoms. The maximum atomic E-state index is 13.5. The Balaban J connectivity index is 2.26. The third kappa shape index (κ3) is 4.11. The van der Waals surface area contributed by atoms with Crippen LogP contribution >= 0.6 is 0 Å². The maximum absolute atomic E-state index is 13.5. The quantitative estimate of drug-likeness (QED) is 0.621. The van der Waals surface area contributed by atoms with Gasteiger partial charge >= 0.3 is 0 Å². The van der Waals surface area contributed by atoms with Crippen LogP contribution in [0.4, 0.5) is 0 Å². The molecule has 8 heteroatoms. The van der Waals surface area contributed by atoms with Crippen molar-refractivity contribution in [3.63, 3.8) is 0 Å². The van der Waals surface area contributed by atoms with E-state index in [9.17, 15) is 9.90 Å². The highest BCUT2D eigenvalue weighted by Crippen LogP contribution is 2.33. The van der Waals surface area contributed by atoms with E-state index >= 15 is 0 Å². The highest BCUT2D eigenvalue weighted by atomic mass is 16.5. The second kappa shape index (κ2) is 8.81. The Morgan fingerprint density at radius 3 is 2.45 bits per heavy atom. The molecule has 0 saturated heterocycles. The van der Waals surface area contributed by atoms with Gasteiger partial charge in [0.25, 0.3) is 5.56 Å². The van der Waals surface area contributed by atoms with Crippen LogP contribution in [0, 0.1) is 6.92 Å². The molecule has 8 nitrogen and oxygen atoms in total. The lowest BCUT2D eigenvalue weighted by Crippen LogP contribution is -2.28. The molecule has 2 aromatic heterocycles. The van der Waals surface area contributed by atoms with Gasteiger partial charge in [-0.2, -0.15) is 4.98 Å². The fraction of sp³-hybridized carbons (Fsp3) is 0.381. The number of rotatable bonds is 8. The summed E-state index contributed by atoms with van der Waals surface area (Å²) in [6.07, 6.45) is 2.34. The van der Waals surface area contributed by atoms with Crippen LogP contribution in [0.15, 0.2) is 33.6 Å². The molecule has 0 radical (unpaired) electrons. The summed E-state index contributed by atoms with van der Waals surface area (Å²) in [7, 11) is 3.06. The second-order valence-electron chi connectivity index (χ2n) is 6.69. The van der Waals surface area contributed by atoms with Gasteiger partial charge in [-0.15, -0.1) is 0 Å². The summed E-state index contributed by atoms with van der Waals surface area (Å²) in [5, 5.41) is 14.4. The third-order valence-electron chi connectivity index (χ3n) is 4.64. The number of para-hydroxylation sites is 1. The van der Waals surface area contributed by atoms with Crippen LogP contribution in [0.1, 0.15) is 42.6 Å². The molecule has 0 spiro atoms. The van der Waals surface area contributed by atoms with E-state index in [1.807, 2.05) is 6.92 Å². The number of benzene rings is 1. The van der Waals surface area contributed by atoms with E-state index in [1.165, 1.54) is 18.8 Å². The van der Waals surface area contributed by atoms with Crippen LogP contribution in [0.2, 0.25) is 0 Å². The van der Waals surface area contributed by atoms with Gasteiger partial charge in [0, 0.05) is 18.9 Å². The van der Waals surface area contributed by atoms with Crippen LogP contribution in [0.5, 0.6) is 17.4 Å². The Kier molecular flexibility index (Phi) is 6.21. The van der Waals surface area contributed by atoms with Gasteiger partial charge in [0.1, 0.15) is 28.8 Å². The van der Waals surface area contributed by atoms with Crippen molar-refractivity contribution in [2.45, 2.75) is 39.5 Å². The number of aromatic nitrogens is 3. The molecule has 0 aliphatic rings. The summed E-state index contributed by atoms with van der Waals surface area (Å²) in [5.41, 5.74) is 0.730. The van der Waals surface area contributed by atoms with E-state index in [-0.39, 0.29) is 17.9 Å². The van der Waals surface area contributed by atoms with Crippen molar-refractivity contribution >= 4 is 0 Å². The van der Waals surface area contributed by atoms with Crippen molar-refractivity contribution in [1.29, 1.82) is 0 Å². The van der Waals surface area contributed by atoms with Crippen LogP contribution < -0.4 is 15.0 Å². The number of hydrogen-bond donors (Lipinski definition) is 1. The molecule has 2 heterocycles. The summed E-state index contributed by atoms with van der Waals surface area (Å²) < 4.78 is 17.5. The van der Waals surface area contributed by atoms with Gasteiger partial charge in [-0.3, -0.25) is 9.36 Å². The third-order valence-corrected chi connectivity index (χ3v) is 4.64. The molecular formula is C21H25N3O5. The number of aryl methyl sites for hydroxylation is 2. The Morgan fingerprint density at radius 2 is 1.90 bits per heavy atom. The SMILES string of the molecule is CCCCc1nc(O)c(Cc2cc(C)on2)c(=O)n1-c1c(OC)cccc1OC. The largest absolute Gasteiger partial charge is 0.494 e. The van der Waals surface area contributed by atoms with E-state index in [0.717, 1.165) is 12.8 Å². The molecule has 0 fully saturated rings. The molecule has 3 rings (SSSR count). The first-order valence-corrected chi connectivity index (χ1v) is 9.47. The predicted molar refractivity (Wildman–Crippen MR) is 107 cm³/mol. The number of unbranched alkanes of at least 4 members (excludes halogenated alkanes) is 1. The molecule has 0 aliphatic carbocycles. The van der Waals surface area contributed by atoms with Crippen molar-refractivity contribution in [1.82, 2.24) is 14.7 Å². The Hall–Kier alpha value is -3.29. The molecule has 0 amide bonds. The fourth-order valence-corrected chi connectivity index (χ4v) is 3.21. The van der Waals surface area contributed by atoms with Gasteiger partial charge < -0.3 is 19.1 Å². The summed E-state index contributed by atoms with van der Waals surface area (Å²) >= 11 is 0. The molecule has 0 bridgehead atoms. The van der Waals surface area contributed by atoms with Gasteiger partial charge in [0.2, 0.25) is 5.88 Å². The Labute approximate surface area is 168 Å². The van der Waals surface area contributed by atoms with Gasteiger partial charge in [-0.1, -0.05) is 24.6 Å². The van der Waals surface area contributed by atoms with Gasteiger partial charge in [0.05, 0.1) is 25.5 Å². The van der Waals surface area contributed by atoms with Crippen LogP contribution in [0.25, 0.3) is 5.69 Å². The monoisotopic (exact) mass is 399 g/mol. The minimum Gasteiger partial charge on any atom is -0.494 e. The fourth-order valence-electron chi connectivity index (χ4n) is 3.21. The molecule has 1 aromatic carbocycles. The number of ether oxygens (including phenoxy) is 2. The first-order valence-electron chi connectivity index (χ1n) is 9.47. The topological polar surface area (TPSA) is 99.6 Å². The minimum absolute atomic E-state index is 0.0977. The molecule has 1 N–H and O–H groups in total. The zero-order valence-corrected chi connectivity index (χ0v) is 17.1. The molecule has 0 atom stereocenters. The normalized spacial score (nSPS) is 10.9. The van der Waals surface area contributed by atoms with Crippen molar-refractivity contribution < 1.29 is 19.1 Å². The van der Waals surface area contributed by atoms with E-state index in [1.54, 1.807) is 31.2 Å². The lowest BCUT2D eigenvalue weighted by Gasteiger charge is -2.19. The average molecular weight is 399 g/mol. The molecular weight excluding hydrogens is 374 g/mol. The highest BCUT2D eigenvalue weighted by Gasteiger charge is 2.23. The van der Waals surface area contributed by atoms with Crippen LogP contribution in [-0.2, 0) is 12.8 Å². The maximum Gasteiger partial charge on any atom is 0.265 e. The summed E-state index contributed by atoms with van der Waals surface area (Å²) in [6, 6.07) is 7.01. The summed E-state index contributed by atoms with van der Waals surface area (Å²) in [6.45, 7) is 3.81. The van der Waals surface area contributed by atoms with Gasteiger partial charge in [-0.05, 0) is 25.5 Å². The highest BCUT2D eigenvalue weighted by molar-refractivity contribution is 5.58. The van der Waals surface area contributed by atoms with Crippen molar-refractivity contribution in [2.75, 3.05) is 14.2 Å². The number of methoxy groups -OCH3 is 2. The van der Waals surface area contributed by atoms with Gasteiger partial charge in [-0.25, -0.2) is 0 Å². The van der Waals surface area contributed by atoms with E-state index < -0.39 is 5.56 Å². The van der Waals surface area contributed by atoms with Crippen molar-refractivity contribution in [3.05, 3.63) is 57.5 Å². The lowest BCUT2D eigenvalue weighted by atomic mass is 10.1. The van der Waals surface area contributed by atoms with Gasteiger partial charge in [0.15, 0.2) is 0 Å². The Morgan fingerprint density at radius 1 is 1.21 bits per heavy atom. The molecule has 0 aliphatic heterocycles. The smallest absolute Gasteiger partial charge is 0.265 e. The lowest BCUT2D eigenvalue weighted by molar-refractivity contribution is 0.386. The molecule has 3 aromatic rings. The summed E-state index contributed by atoms with van der Waals surface area (Å²) in [5.74, 6) is 1.71. The minimum atomic E-state index is -0.396. The molecule has 0 unspecified atom stereocenters. The number of nitrogens with zero attached hydrogens (tertiary/aromatic N) is 3.